The number of piperidine rings is 1. The second-order valence-corrected chi connectivity index (χ2v) is 6.18. The van der Waals surface area contributed by atoms with Crippen molar-refractivity contribution in [1.82, 2.24) is 4.90 Å². The largest absolute Gasteiger partial charge is 0.466 e. The van der Waals surface area contributed by atoms with Crippen LogP contribution in [0.5, 0.6) is 0 Å². The van der Waals surface area contributed by atoms with Crippen LogP contribution in [0.15, 0.2) is 0 Å². The highest BCUT2D eigenvalue weighted by Gasteiger charge is 2.33. The highest BCUT2D eigenvalue weighted by molar-refractivity contribution is 6.62. The van der Waals surface area contributed by atoms with Gasteiger partial charge in [-0.25, -0.2) is 0 Å². The zero-order valence-electron chi connectivity index (χ0n) is 12.8. The summed E-state index contributed by atoms with van der Waals surface area (Å²) >= 11 is 5.48. The molecule has 116 valence electrons. The van der Waals surface area contributed by atoms with Crippen molar-refractivity contribution in [1.29, 1.82) is 0 Å². The lowest BCUT2D eigenvalue weighted by molar-refractivity contribution is -0.155. The van der Waals surface area contributed by atoms with E-state index in [1.54, 1.807) is 4.90 Å². The molecule has 1 heterocycles. The van der Waals surface area contributed by atoms with Crippen LogP contribution in [0.25, 0.3) is 0 Å². The van der Waals surface area contributed by atoms with Gasteiger partial charge in [-0.1, -0.05) is 6.92 Å². The lowest BCUT2D eigenvalue weighted by atomic mass is 9.79. The van der Waals surface area contributed by atoms with Crippen LogP contribution in [-0.2, 0) is 9.53 Å². The maximum absolute atomic E-state index is 12.0. The van der Waals surface area contributed by atoms with Crippen LogP contribution in [0.2, 0.25) is 0 Å². The van der Waals surface area contributed by atoms with Crippen LogP contribution in [0.1, 0.15) is 52.9 Å². The fraction of sp³-hybridized carbons (Fsp3) is 0.867. The predicted octanol–water partition coefficient (Wildman–Crippen LogP) is 3.82. The number of carbonyl (C=O) groups is 2. The number of esters is 1. The molecule has 1 rings (SSSR count). The van der Waals surface area contributed by atoms with Gasteiger partial charge in [0.2, 0.25) is 0 Å². The Bertz CT molecular complexity index is 340. The Morgan fingerprint density at radius 1 is 1.30 bits per heavy atom. The van der Waals surface area contributed by atoms with E-state index in [2.05, 4.69) is 0 Å². The normalized spacial score (nSPS) is 19.5. The summed E-state index contributed by atoms with van der Waals surface area (Å²) in [6, 6.07) is 0. The van der Waals surface area contributed by atoms with Crippen molar-refractivity contribution < 1.29 is 14.3 Å². The Morgan fingerprint density at radius 3 is 2.35 bits per heavy atom. The monoisotopic (exact) mass is 303 g/mol. The molecule has 0 bridgehead atoms. The molecule has 0 aromatic heterocycles. The summed E-state index contributed by atoms with van der Waals surface area (Å²) in [7, 11) is 0. The Balaban J connectivity index is 2.42. The summed E-state index contributed by atoms with van der Waals surface area (Å²) in [5.74, 6) is 0.485. The number of likely N-dealkylation sites (tertiary alicyclic amines) is 1. The topological polar surface area (TPSA) is 46.6 Å². The molecule has 1 saturated heterocycles. The highest BCUT2D eigenvalue weighted by Crippen LogP contribution is 2.33. The number of carbonyl (C=O) groups excluding carboxylic acids is 2. The van der Waals surface area contributed by atoms with Gasteiger partial charge in [-0.2, -0.15) is 0 Å². The Kier molecular flexibility index (Phi) is 6.80. The summed E-state index contributed by atoms with van der Waals surface area (Å²) in [5.41, 5.74) is -0.380. The summed E-state index contributed by atoms with van der Waals surface area (Å²) < 4.78 is 5.18. The van der Waals surface area contributed by atoms with Crippen LogP contribution < -0.4 is 0 Å². The first-order chi connectivity index (χ1) is 9.42. The Morgan fingerprint density at radius 2 is 1.90 bits per heavy atom. The van der Waals surface area contributed by atoms with Gasteiger partial charge in [0.25, 0.3) is 0 Å². The number of nitrogens with zero attached hydrogens (tertiary/aromatic N) is 1. The fourth-order valence-electron chi connectivity index (χ4n) is 2.65. The zero-order chi connectivity index (χ0) is 15.2. The van der Waals surface area contributed by atoms with E-state index in [0.717, 1.165) is 45.2 Å². The van der Waals surface area contributed by atoms with Crippen LogP contribution in [0.4, 0.5) is 4.79 Å². The first-order valence-corrected chi connectivity index (χ1v) is 7.92. The van der Waals surface area contributed by atoms with Crippen LogP contribution in [-0.4, -0.2) is 35.9 Å². The number of amides is 1. The minimum atomic E-state index is -0.380. The van der Waals surface area contributed by atoms with E-state index in [4.69, 9.17) is 16.3 Å². The molecule has 0 aromatic carbocycles. The molecular weight excluding hydrogens is 278 g/mol. The lowest BCUT2D eigenvalue weighted by Gasteiger charge is -2.33. The fourth-order valence-corrected chi connectivity index (χ4v) is 2.82. The molecule has 1 aliphatic rings. The highest BCUT2D eigenvalue weighted by atomic mass is 35.5. The van der Waals surface area contributed by atoms with Crippen LogP contribution in [0.3, 0.4) is 0 Å². The molecule has 0 radical (unpaired) electrons. The molecule has 0 saturated carbocycles. The van der Waals surface area contributed by atoms with Crippen molar-refractivity contribution in [2.45, 2.75) is 52.9 Å². The standard InChI is InChI=1S/C15H26ClNO3/c1-4-15(3,13(18)20-5-2)9-6-12-7-10-17(11-8-12)14(16)19/h12H,4-11H2,1-3H3. The van der Waals surface area contributed by atoms with E-state index in [9.17, 15) is 9.59 Å². The Labute approximate surface area is 126 Å². The van der Waals surface area contributed by atoms with Gasteiger partial charge in [0.05, 0.1) is 12.0 Å². The number of hydrogen-bond donors (Lipinski definition) is 0. The first-order valence-electron chi connectivity index (χ1n) is 7.54. The molecule has 20 heavy (non-hydrogen) atoms. The van der Waals surface area contributed by atoms with Gasteiger partial charge in [0.1, 0.15) is 0 Å². The molecule has 0 N–H and O–H groups in total. The maximum atomic E-state index is 12.0. The molecule has 1 unspecified atom stereocenters. The average molecular weight is 304 g/mol. The first kappa shape index (κ1) is 17.3. The number of ether oxygens (including phenoxy) is 1. The molecule has 1 amide bonds. The van der Waals surface area contributed by atoms with Gasteiger partial charge < -0.3 is 9.64 Å². The number of rotatable bonds is 6. The van der Waals surface area contributed by atoms with E-state index in [-0.39, 0.29) is 16.8 Å². The van der Waals surface area contributed by atoms with E-state index in [1.807, 2.05) is 20.8 Å². The van der Waals surface area contributed by atoms with Crippen LogP contribution in [0, 0.1) is 11.3 Å². The SMILES string of the molecule is CCOC(=O)C(C)(CC)CCC1CCN(C(=O)Cl)CC1. The van der Waals surface area contributed by atoms with Gasteiger partial charge in [-0.05, 0) is 63.5 Å². The molecule has 5 heteroatoms. The minimum Gasteiger partial charge on any atom is -0.466 e. The summed E-state index contributed by atoms with van der Waals surface area (Å²) in [5, 5.41) is -0.353. The van der Waals surface area contributed by atoms with Crippen molar-refractivity contribution in [2.24, 2.45) is 11.3 Å². The average Bonchev–Trinajstić information content (AvgIpc) is 2.45. The van der Waals surface area contributed by atoms with Gasteiger partial charge in [-0.3, -0.25) is 9.59 Å². The third kappa shape index (κ3) is 4.65. The van der Waals surface area contributed by atoms with Crippen molar-refractivity contribution >= 4 is 22.9 Å². The van der Waals surface area contributed by atoms with Crippen molar-refractivity contribution in [3.05, 3.63) is 0 Å². The van der Waals surface area contributed by atoms with E-state index >= 15 is 0 Å². The second-order valence-electron chi connectivity index (χ2n) is 5.86. The maximum Gasteiger partial charge on any atom is 0.316 e. The smallest absolute Gasteiger partial charge is 0.316 e. The van der Waals surface area contributed by atoms with Crippen molar-refractivity contribution in [2.75, 3.05) is 19.7 Å². The van der Waals surface area contributed by atoms with Gasteiger partial charge in [0.15, 0.2) is 0 Å². The summed E-state index contributed by atoms with van der Waals surface area (Å²) in [6.45, 7) is 7.76. The van der Waals surface area contributed by atoms with Crippen molar-refractivity contribution in [3.8, 4) is 0 Å². The second kappa shape index (κ2) is 7.87. The predicted molar refractivity (Wildman–Crippen MR) is 79.8 cm³/mol. The van der Waals surface area contributed by atoms with Gasteiger partial charge in [-0.15, -0.1) is 0 Å². The van der Waals surface area contributed by atoms with E-state index in [0.29, 0.717) is 12.5 Å². The molecule has 1 atom stereocenters. The molecule has 1 fully saturated rings. The number of halogens is 1. The number of hydrogen-bond acceptors (Lipinski definition) is 3. The van der Waals surface area contributed by atoms with Crippen LogP contribution >= 0.6 is 11.6 Å². The molecule has 1 aliphatic heterocycles. The molecule has 4 nitrogen and oxygen atoms in total. The summed E-state index contributed by atoms with van der Waals surface area (Å²) in [6.07, 6.45) is 4.60. The molecule has 0 aliphatic carbocycles. The third-order valence-electron chi connectivity index (χ3n) is 4.52. The van der Waals surface area contributed by atoms with Gasteiger partial charge in [0, 0.05) is 13.1 Å². The Hall–Kier alpha value is -0.770. The lowest BCUT2D eigenvalue weighted by Crippen LogP contribution is -2.36. The quantitative estimate of drug-likeness (QED) is 0.426. The zero-order valence-corrected chi connectivity index (χ0v) is 13.5. The third-order valence-corrected chi connectivity index (χ3v) is 4.76. The minimum absolute atomic E-state index is 0.0872. The van der Waals surface area contributed by atoms with Gasteiger partial charge >= 0.3 is 11.3 Å². The van der Waals surface area contributed by atoms with Crippen molar-refractivity contribution in [3.63, 3.8) is 0 Å². The molecule has 0 spiro atoms. The van der Waals surface area contributed by atoms with E-state index in [1.165, 1.54) is 0 Å². The molecular formula is C15H26ClNO3. The molecule has 0 aromatic rings. The summed E-state index contributed by atoms with van der Waals surface area (Å²) in [4.78, 5) is 24.8. The van der Waals surface area contributed by atoms with E-state index < -0.39 is 0 Å².